The highest BCUT2D eigenvalue weighted by molar-refractivity contribution is 6.30. The lowest BCUT2D eigenvalue weighted by atomic mass is 10.2. The van der Waals surface area contributed by atoms with E-state index in [0.717, 1.165) is 23.6 Å². The molecule has 0 unspecified atom stereocenters. The van der Waals surface area contributed by atoms with Gasteiger partial charge in [0.05, 0.1) is 12.1 Å². The third-order valence-corrected chi connectivity index (χ3v) is 1.66. The molecule has 2 heteroatoms. The topological polar surface area (TPSA) is 9.23 Å². The minimum absolute atomic E-state index is 0.808. The van der Waals surface area contributed by atoms with Crippen LogP contribution in [0.25, 0.3) is 0 Å². The van der Waals surface area contributed by atoms with Crippen LogP contribution in [0, 0.1) is 0 Å². The van der Waals surface area contributed by atoms with E-state index in [1.807, 2.05) is 6.08 Å². The molecule has 0 radical (unpaired) electrons. The van der Waals surface area contributed by atoms with Gasteiger partial charge in [0.25, 0.3) is 0 Å². The molecule has 1 aliphatic rings. The van der Waals surface area contributed by atoms with Crippen molar-refractivity contribution in [2.45, 2.75) is 12.8 Å². The van der Waals surface area contributed by atoms with Crippen molar-refractivity contribution in [2.24, 2.45) is 0 Å². The molecule has 0 bridgehead atoms. The summed E-state index contributed by atoms with van der Waals surface area (Å²) in [6.07, 6.45) is 5.92. The fourth-order valence-corrected chi connectivity index (χ4v) is 1.04. The third kappa shape index (κ3) is 1.49. The Hall–Kier alpha value is -0.430. The summed E-state index contributed by atoms with van der Waals surface area (Å²) in [5, 5.41) is 0.833. The van der Waals surface area contributed by atoms with Gasteiger partial charge in [0, 0.05) is 0 Å². The summed E-state index contributed by atoms with van der Waals surface area (Å²) < 4.78 is 4.96. The molecule has 1 rings (SSSR count). The van der Waals surface area contributed by atoms with Gasteiger partial charge in [0.2, 0.25) is 0 Å². The Morgan fingerprint density at radius 3 is 2.89 bits per heavy atom. The third-order valence-electron chi connectivity index (χ3n) is 1.29. The van der Waals surface area contributed by atoms with Crippen LogP contribution in [-0.2, 0) is 4.74 Å². The monoisotopic (exact) mass is 144 g/mol. The van der Waals surface area contributed by atoms with Crippen molar-refractivity contribution in [2.75, 3.05) is 7.11 Å². The lowest BCUT2D eigenvalue weighted by Crippen LogP contribution is -1.90. The first kappa shape index (κ1) is 6.69. The molecular weight excluding hydrogens is 136 g/mol. The molecule has 0 heterocycles. The Labute approximate surface area is 60.0 Å². The van der Waals surface area contributed by atoms with Gasteiger partial charge in [0.15, 0.2) is 0 Å². The van der Waals surface area contributed by atoms with E-state index >= 15 is 0 Å². The zero-order chi connectivity index (χ0) is 6.69. The van der Waals surface area contributed by atoms with E-state index in [2.05, 4.69) is 6.08 Å². The molecule has 0 saturated heterocycles. The van der Waals surface area contributed by atoms with Gasteiger partial charge < -0.3 is 4.74 Å². The molecule has 0 N–H and O–H groups in total. The molecule has 0 atom stereocenters. The first-order valence-electron chi connectivity index (χ1n) is 2.94. The van der Waals surface area contributed by atoms with Gasteiger partial charge >= 0.3 is 0 Å². The van der Waals surface area contributed by atoms with Gasteiger partial charge in [-0.3, -0.25) is 0 Å². The molecule has 0 fully saturated rings. The summed E-state index contributed by atoms with van der Waals surface area (Å²) in [5.41, 5.74) is 0. The van der Waals surface area contributed by atoms with Gasteiger partial charge in [0.1, 0.15) is 5.76 Å². The lowest BCUT2D eigenvalue weighted by molar-refractivity contribution is 0.302. The second kappa shape index (κ2) is 2.92. The Morgan fingerprint density at radius 2 is 2.44 bits per heavy atom. The molecule has 0 amide bonds. The highest BCUT2D eigenvalue weighted by Gasteiger charge is 2.03. The molecule has 9 heavy (non-hydrogen) atoms. The van der Waals surface area contributed by atoms with Crippen LogP contribution in [-0.4, -0.2) is 7.11 Å². The fourth-order valence-electron chi connectivity index (χ4n) is 0.793. The second-order valence-corrected chi connectivity index (χ2v) is 2.37. The van der Waals surface area contributed by atoms with E-state index in [0.29, 0.717) is 0 Å². The van der Waals surface area contributed by atoms with E-state index in [1.54, 1.807) is 7.11 Å². The van der Waals surface area contributed by atoms with Crippen molar-refractivity contribution in [3.63, 3.8) is 0 Å². The maximum atomic E-state index is 5.79. The van der Waals surface area contributed by atoms with Crippen LogP contribution < -0.4 is 0 Å². The maximum absolute atomic E-state index is 5.79. The van der Waals surface area contributed by atoms with Crippen LogP contribution in [0.5, 0.6) is 0 Å². The average molecular weight is 145 g/mol. The Bertz CT molecular complexity index is 158. The molecule has 0 spiro atoms. The zero-order valence-electron chi connectivity index (χ0n) is 5.36. The molecule has 0 saturated carbocycles. The summed E-state index contributed by atoms with van der Waals surface area (Å²) in [6.45, 7) is 0. The van der Waals surface area contributed by atoms with Gasteiger partial charge in [-0.15, -0.1) is 0 Å². The summed E-state index contributed by atoms with van der Waals surface area (Å²) in [5.74, 6) is 0.808. The quantitative estimate of drug-likeness (QED) is 0.549. The largest absolute Gasteiger partial charge is 0.496 e. The summed E-state index contributed by atoms with van der Waals surface area (Å²) in [6, 6.07) is 0. The van der Waals surface area contributed by atoms with Crippen LogP contribution in [0.3, 0.4) is 0 Å². The summed E-state index contributed by atoms with van der Waals surface area (Å²) >= 11 is 5.79. The molecule has 1 nitrogen and oxygen atoms in total. The van der Waals surface area contributed by atoms with E-state index < -0.39 is 0 Å². The van der Waals surface area contributed by atoms with Crippen molar-refractivity contribution < 1.29 is 4.74 Å². The van der Waals surface area contributed by atoms with Crippen molar-refractivity contribution in [1.29, 1.82) is 0 Å². The molecule has 0 aliphatic heterocycles. The molecule has 0 aromatic carbocycles. The molecule has 1 aliphatic carbocycles. The van der Waals surface area contributed by atoms with Crippen molar-refractivity contribution in [1.82, 2.24) is 0 Å². The molecule has 0 aromatic rings. The minimum Gasteiger partial charge on any atom is -0.496 e. The van der Waals surface area contributed by atoms with Gasteiger partial charge in [-0.2, -0.15) is 0 Å². The smallest absolute Gasteiger partial charge is 0.133 e. The lowest BCUT2D eigenvalue weighted by Gasteiger charge is -2.07. The summed E-state index contributed by atoms with van der Waals surface area (Å²) in [7, 11) is 1.63. The fraction of sp³-hybridized carbons (Fsp3) is 0.429. The van der Waals surface area contributed by atoms with E-state index in [-0.39, 0.29) is 0 Å². The van der Waals surface area contributed by atoms with E-state index in [1.165, 1.54) is 0 Å². The number of methoxy groups -OCH3 is 1. The molecular formula is C7H9ClO. The number of hydrogen-bond acceptors (Lipinski definition) is 1. The Balaban J connectivity index is 2.72. The van der Waals surface area contributed by atoms with Crippen molar-refractivity contribution in [3.8, 4) is 0 Å². The predicted octanol–water partition coefficient (Wildman–Crippen LogP) is 2.43. The first-order valence-corrected chi connectivity index (χ1v) is 3.31. The second-order valence-electron chi connectivity index (χ2n) is 1.91. The average Bonchev–Trinajstić information content (AvgIpc) is 1.89. The van der Waals surface area contributed by atoms with Gasteiger partial charge in [-0.05, 0) is 18.9 Å². The van der Waals surface area contributed by atoms with Gasteiger partial charge in [-0.1, -0.05) is 17.7 Å². The number of hydrogen-bond donors (Lipinski definition) is 0. The standard InChI is InChI=1S/C7H9ClO/c1-9-7-5-3-2-4-6(7)8/h3,5H,2,4H2,1H3. The number of allylic oxidation sites excluding steroid dienone is 3. The van der Waals surface area contributed by atoms with Crippen molar-refractivity contribution in [3.05, 3.63) is 22.9 Å². The SMILES string of the molecule is COC1=C(Cl)CCC=C1. The number of rotatable bonds is 1. The first-order chi connectivity index (χ1) is 4.34. The number of halogens is 1. The minimum atomic E-state index is 0.808. The predicted molar refractivity (Wildman–Crippen MR) is 38.3 cm³/mol. The van der Waals surface area contributed by atoms with Crippen LogP contribution in [0.2, 0.25) is 0 Å². The van der Waals surface area contributed by atoms with Crippen LogP contribution >= 0.6 is 11.6 Å². The Morgan fingerprint density at radius 1 is 1.67 bits per heavy atom. The van der Waals surface area contributed by atoms with Crippen LogP contribution in [0.1, 0.15) is 12.8 Å². The Kier molecular flexibility index (Phi) is 2.17. The maximum Gasteiger partial charge on any atom is 0.133 e. The zero-order valence-corrected chi connectivity index (χ0v) is 6.11. The van der Waals surface area contributed by atoms with E-state index in [9.17, 15) is 0 Å². The van der Waals surface area contributed by atoms with E-state index in [4.69, 9.17) is 16.3 Å². The van der Waals surface area contributed by atoms with Crippen LogP contribution in [0.15, 0.2) is 22.9 Å². The normalized spacial score (nSPS) is 18.4. The molecule has 0 aromatic heterocycles. The van der Waals surface area contributed by atoms with Crippen molar-refractivity contribution >= 4 is 11.6 Å². The highest BCUT2D eigenvalue weighted by Crippen LogP contribution is 2.21. The van der Waals surface area contributed by atoms with Crippen LogP contribution in [0.4, 0.5) is 0 Å². The molecule has 50 valence electrons. The number of ether oxygens (including phenoxy) is 1. The summed E-state index contributed by atoms with van der Waals surface area (Å²) in [4.78, 5) is 0. The van der Waals surface area contributed by atoms with Gasteiger partial charge in [-0.25, -0.2) is 0 Å². The highest BCUT2D eigenvalue weighted by atomic mass is 35.5.